The second-order valence-corrected chi connectivity index (χ2v) is 7.43. The molecule has 2 aromatic rings. The van der Waals surface area contributed by atoms with Crippen LogP contribution in [0.4, 0.5) is 0 Å². The number of carbonyl (C=O) groups excluding carboxylic acids is 1. The smallest absolute Gasteiger partial charge is 0.230 e. The van der Waals surface area contributed by atoms with Gasteiger partial charge in [-0.3, -0.25) is 9.69 Å². The molecule has 0 radical (unpaired) electrons. The summed E-state index contributed by atoms with van der Waals surface area (Å²) in [4.78, 5) is 23.0. The van der Waals surface area contributed by atoms with Crippen LogP contribution >= 0.6 is 11.8 Å². The van der Waals surface area contributed by atoms with Crippen LogP contribution in [0.15, 0.2) is 41.7 Å². The van der Waals surface area contributed by atoms with Crippen molar-refractivity contribution in [2.24, 2.45) is 0 Å². The van der Waals surface area contributed by atoms with Crippen LogP contribution in [0, 0.1) is 6.92 Å². The van der Waals surface area contributed by atoms with Gasteiger partial charge in [-0.15, -0.1) is 0 Å². The number of nitrogens with one attached hydrogen (secondary N) is 1. The molecular formula is C19H24N4OS. The molecule has 2 heterocycles. The summed E-state index contributed by atoms with van der Waals surface area (Å²) in [5.41, 5.74) is 3.76. The molecule has 0 fully saturated rings. The molecule has 1 aliphatic heterocycles. The zero-order valence-corrected chi connectivity index (χ0v) is 15.6. The molecule has 5 nitrogen and oxygen atoms in total. The Balaban J connectivity index is 1.43. The maximum absolute atomic E-state index is 12.1. The molecule has 25 heavy (non-hydrogen) atoms. The lowest BCUT2D eigenvalue weighted by molar-refractivity contribution is -0.119. The Bertz CT molecular complexity index is 737. The largest absolute Gasteiger partial charge is 0.352 e. The van der Waals surface area contributed by atoms with E-state index >= 15 is 0 Å². The first-order chi connectivity index (χ1) is 12.1. The summed E-state index contributed by atoms with van der Waals surface area (Å²) in [6.07, 6.45) is 2.80. The van der Waals surface area contributed by atoms with Gasteiger partial charge in [-0.1, -0.05) is 36.0 Å². The molecule has 0 aliphatic carbocycles. The van der Waals surface area contributed by atoms with Crippen LogP contribution in [0.1, 0.15) is 23.7 Å². The van der Waals surface area contributed by atoms with Gasteiger partial charge < -0.3 is 5.32 Å². The van der Waals surface area contributed by atoms with E-state index in [1.807, 2.05) is 13.0 Å². The maximum atomic E-state index is 12.1. The third-order valence-corrected chi connectivity index (χ3v) is 5.12. The number of aryl methyl sites for hydroxylation is 1. The number of hydrogen-bond acceptors (Lipinski definition) is 5. The lowest BCUT2D eigenvalue weighted by Gasteiger charge is -2.31. The van der Waals surface area contributed by atoms with Crippen LogP contribution in [0.3, 0.4) is 0 Å². The van der Waals surface area contributed by atoms with Crippen LogP contribution in [0.5, 0.6) is 0 Å². The number of hydrogen-bond donors (Lipinski definition) is 1. The van der Waals surface area contributed by atoms with Crippen LogP contribution in [-0.2, 0) is 17.8 Å². The monoisotopic (exact) mass is 356 g/mol. The second-order valence-electron chi connectivity index (χ2n) is 6.49. The lowest BCUT2D eigenvalue weighted by Crippen LogP contribution is -2.44. The summed E-state index contributed by atoms with van der Waals surface area (Å²) in [6, 6.07) is 10.6. The Labute approximate surface area is 153 Å². The van der Waals surface area contributed by atoms with Crippen molar-refractivity contribution in [1.29, 1.82) is 0 Å². The Kier molecular flexibility index (Phi) is 6.04. The molecule has 1 N–H and O–H groups in total. The molecule has 1 unspecified atom stereocenters. The van der Waals surface area contributed by atoms with E-state index in [2.05, 4.69) is 51.4 Å². The SMILES string of the molecule is Cc1ccnc(SCC(=O)NC(C)CN2CCc3ccccc3C2)n1. The van der Waals surface area contributed by atoms with E-state index in [4.69, 9.17) is 0 Å². The van der Waals surface area contributed by atoms with E-state index in [1.165, 1.54) is 22.9 Å². The third-order valence-electron chi connectivity index (χ3n) is 4.25. The van der Waals surface area contributed by atoms with Crippen molar-refractivity contribution in [3.8, 4) is 0 Å². The highest BCUT2D eigenvalue weighted by Gasteiger charge is 2.18. The molecule has 3 rings (SSSR count). The van der Waals surface area contributed by atoms with E-state index in [1.54, 1.807) is 6.20 Å². The standard InChI is InChI=1S/C19H24N4OS/c1-14-7-9-20-19(22-14)25-13-18(24)21-15(2)11-23-10-8-16-5-3-4-6-17(16)12-23/h3-7,9,15H,8,10-13H2,1-2H3,(H,21,24). The lowest BCUT2D eigenvalue weighted by atomic mass is 10.00. The van der Waals surface area contributed by atoms with Gasteiger partial charge in [0.25, 0.3) is 0 Å². The summed E-state index contributed by atoms with van der Waals surface area (Å²) in [5, 5.41) is 3.73. The number of nitrogens with zero attached hydrogens (tertiary/aromatic N) is 3. The number of benzene rings is 1. The van der Waals surface area contributed by atoms with Crippen LogP contribution in [-0.4, -0.2) is 45.7 Å². The summed E-state index contributed by atoms with van der Waals surface area (Å²) >= 11 is 1.37. The highest BCUT2D eigenvalue weighted by Crippen LogP contribution is 2.18. The third kappa shape index (κ3) is 5.28. The highest BCUT2D eigenvalue weighted by molar-refractivity contribution is 7.99. The number of aromatic nitrogens is 2. The van der Waals surface area contributed by atoms with Crippen molar-refractivity contribution in [2.45, 2.75) is 38.0 Å². The summed E-state index contributed by atoms with van der Waals surface area (Å²) in [6.45, 7) is 6.86. The Morgan fingerprint density at radius 2 is 2.12 bits per heavy atom. The predicted octanol–water partition coefficient (Wildman–Crippen LogP) is 2.44. The Morgan fingerprint density at radius 1 is 1.32 bits per heavy atom. The van der Waals surface area contributed by atoms with Gasteiger partial charge in [-0.2, -0.15) is 0 Å². The highest BCUT2D eigenvalue weighted by atomic mass is 32.2. The van der Waals surface area contributed by atoms with Crippen LogP contribution < -0.4 is 5.32 Å². The molecule has 1 amide bonds. The summed E-state index contributed by atoms with van der Waals surface area (Å²) in [5.74, 6) is 0.372. The summed E-state index contributed by atoms with van der Waals surface area (Å²) in [7, 11) is 0. The molecule has 0 spiro atoms. The summed E-state index contributed by atoms with van der Waals surface area (Å²) < 4.78 is 0. The average molecular weight is 356 g/mol. The quantitative estimate of drug-likeness (QED) is 0.636. The first-order valence-electron chi connectivity index (χ1n) is 8.61. The van der Waals surface area contributed by atoms with E-state index < -0.39 is 0 Å². The molecule has 1 aromatic heterocycles. The average Bonchev–Trinajstić information content (AvgIpc) is 2.60. The second kappa shape index (κ2) is 8.45. The molecular weight excluding hydrogens is 332 g/mol. The van der Waals surface area contributed by atoms with Gasteiger partial charge in [-0.25, -0.2) is 9.97 Å². The van der Waals surface area contributed by atoms with Crippen molar-refractivity contribution in [1.82, 2.24) is 20.2 Å². The molecule has 0 saturated heterocycles. The number of thioether (sulfide) groups is 1. The van der Waals surface area contributed by atoms with E-state index in [9.17, 15) is 4.79 Å². The fourth-order valence-corrected chi connectivity index (χ4v) is 3.77. The fraction of sp³-hybridized carbons (Fsp3) is 0.421. The molecule has 1 aromatic carbocycles. The minimum absolute atomic E-state index is 0.0278. The van der Waals surface area contributed by atoms with Crippen molar-refractivity contribution < 1.29 is 4.79 Å². The van der Waals surface area contributed by atoms with E-state index in [-0.39, 0.29) is 11.9 Å². The molecule has 1 aliphatic rings. The molecule has 1 atom stereocenters. The van der Waals surface area contributed by atoms with Gasteiger partial charge in [0.1, 0.15) is 0 Å². The normalized spacial score (nSPS) is 15.4. The minimum Gasteiger partial charge on any atom is -0.352 e. The van der Waals surface area contributed by atoms with Gasteiger partial charge >= 0.3 is 0 Å². The topological polar surface area (TPSA) is 58.1 Å². The van der Waals surface area contributed by atoms with Crippen molar-refractivity contribution in [3.63, 3.8) is 0 Å². The first kappa shape index (κ1) is 17.9. The van der Waals surface area contributed by atoms with Gasteiger partial charge in [-0.05, 0) is 37.5 Å². The number of carbonyl (C=O) groups is 1. The van der Waals surface area contributed by atoms with Crippen LogP contribution in [0.25, 0.3) is 0 Å². The van der Waals surface area contributed by atoms with Crippen molar-refractivity contribution in [3.05, 3.63) is 53.3 Å². The van der Waals surface area contributed by atoms with Gasteiger partial charge in [0.05, 0.1) is 5.75 Å². The molecule has 0 bridgehead atoms. The van der Waals surface area contributed by atoms with Gasteiger partial charge in [0.2, 0.25) is 5.91 Å². The Hall–Kier alpha value is -1.92. The van der Waals surface area contributed by atoms with Crippen molar-refractivity contribution in [2.75, 3.05) is 18.8 Å². The van der Waals surface area contributed by atoms with E-state index in [0.717, 1.165) is 31.7 Å². The predicted molar refractivity (Wildman–Crippen MR) is 101 cm³/mol. The van der Waals surface area contributed by atoms with E-state index in [0.29, 0.717) is 10.9 Å². The number of rotatable bonds is 6. The number of fused-ring (bicyclic) bond motifs is 1. The number of amides is 1. The molecule has 0 saturated carbocycles. The molecule has 6 heteroatoms. The molecule has 132 valence electrons. The first-order valence-corrected chi connectivity index (χ1v) is 9.59. The zero-order chi connectivity index (χ0) is 17.6. The van der Waals surface area contributed by atoms with Crippen molar-refractivity contribution >= 4 is 17.7 Å². The van der Waals surface area contributed by atoms with Crippen LogP contribution in [0.2, 0.25) is 0 Å². The van der Waals surface area contributed by atoms with Gasteiger partial charge in [0.15, 0.2) is 5.16 Å². The maximum Gasteiger partial charge on any atom is 0.230 e. The van der Waals surface area contributed by atoms with Gasteiger partial charge in [0, 0.05) is 37.6 Å². The fourth-order valence-electron chi connectivity index (χ4n) is 3.08. The Morgan fingerprint density at radius 3 is 2.92 bits per heavy atom. The zero-order valence-electron chi connectivity index (χ0n) is 14.7. The minimum atomic E-state index is 0.0278.